The van der Waals surface area contributed by atoms with Crippen molar-refractivity contribution in [3.8, 4) is 0 Å². The second kappa shape index (κ2) is 8.08. The topological polar surface area (TPSA) is 0 Å². The summed E-state index contributed by atoms with van der Waals surface area (Å²) in [6, 6.07) is 0. The quantitative estimate of drug-likeness (QED) is 0.381. The molecule has 0 rings (SSSR count). The number of allylic oxidation sites excluding steroid dienone is 2. The molecule has 0 N–H and O–H groups in total. The first-order valence-electron chi connectivity index (χ1n) is 6.21. The van der Waals surface area contributed by atoms with Gasteiger partial charge in [0.15, 0.2) is 0 Å². The zero-order valence-electron chi connectivity index (χ0n) is 10.6. The zero-order chi connectivity index (χ0) is 10.9. The Morgan fingerprint density at radius 3 is 2.07 bits per heavy atom. The van der Waals surface area contributed by atoms with Crippen LogP contribution in [0.2, 0.25) is 0 Å². The lowest BCUT2D eigenvalue weighted by molar-refractivity contribution is 0.357. The Morgan fingerprint density at radius 1 is 0.857 bits per heavy atom. The van der Waals surface area contributed by atoms with Crippen LogP contribution in [0.25, 0.3) is 0 Å². The molecule has 0 aromatic rings. The molecule has 0 atom stereocenters. The molecule has 84 valence electrons. The third kappa shape index (κ3) is 11.7. The van der Waals surface area contributed by atoms with Crippen molar-refractivity contribution in [1.82, 2.24) is 0 Å². The van der Waals surface area contributed by atoms with Crippen LogP contribution >= 0.6 is 0 Å². The van der Waals surface area contributed by atoms with E-state index in [4.69, 9.17) is 0 Å². The highest BCUT2D eigenvalue weighted by molar-refractivity contribution is 4.79. The van der Waals surface area contributed by atoms with Gasteiger partial charge in [-0.25, -0.2) is 0 Å². The van der Waals surface area contributed by atoms with Crippen LogP contribution in [0.3, 0.4) is 0 Å². The lowest BCUT2D eigenvalue weighted by Crippen LogP contribution is -2.03. The van der Waals surface area contributed by atoms with Crippen LogP contribution in [0.4, 0.5) is 0 Å². The fourth-order valence-electron chi connectivity index (χ4n) is 1.56. The summed E-state index contributed by atoms with van der Waals surface area (Å²) in [5, 5.41) is 0. The summed E-state index contributed by atoms with van der Waals surface area (Å²) in [7, 11) is 0. The van der Waals surface area contributed by atoms with Crippen LogP contribution in [-0.2, 0) is 0 Å². The highest BCUT2D eigenvalue weighted by atomic mass is 14.1. The molecule has 0 spiro atoms. The normalized spacial score (nSPS) is 12.6. The van der Waals surface area contributed by atoms with Gasteiger partial charge >= 0.3 is 0 Å². The van der Waals surface area contributed by atoms with E-state index < -0.39 is 0 Å². The molecule has 0 nitrogen and oxygen atoms in total. The first-order valence-corrected chi connectivity index (χ1v) is 6.21. The second-order valence-corrected chi connectivity index (χ2v) is 5.39. The summed E-state index contributed by atoms with van der Waals surface area (Å²) in [5.41, 5.74) is 0.530. The van der Waals surface area contributed by atoms with Gasteiger partial charge in [-0.3, -0.25) is 0 Å². The SMILES string of the molecule is CC/C=C/CCCCCCC(C)(C)C. The molecule has 0 unspecified atom stereocenters. The maximum atomic E-state index is 2.33. The summed E-state index contributed by atoms with van der Waals surface area (Å²) < 4.78 is 0. The minimum atomic E-state index is 0.530. The average Bonchev–Trinajstić information content (AvgIpc) is 2.08. The Morgan fingerprint density at radius 2 is 1.50 bits per heavy atom. The van der Waals surface area contributed by atoms with Gasteiger partial charge in [0.1, 0.15) is 0 Å². The molecular formula is C14H28. The minimum Gasteiger partial charge on any atom is -0.0888 e. The first kappa shape index (κ1) is 13.7. The van der Waals surface area contributed by atoms with Crippen LogP contribution < -0.4 is 0 Å². The van der Waals surface area contributed by atoms with E-state index in [-0.39, 0.29) is 0 Å². The largest absolute Gasteiger partial charge is 0.0888 e. The molecule has 0 saturated heterocycles. The van der Waals surface area contributed by atoms with Gasteiger partial charge in [-0.05, 0) is 31.1 Å². The average molecular weight is 196 g/mol. The second-order valence-electron chi connectivity index (χ2n) is 5.39. The van der Waals surface area contributed by atoms with E-state index in [1.54, 1.807) is 0 Å². The van der Waals surface area contributed by atoms with Crippen LogP contribution in [-0.4, -0.2) is 0 Å². The summed E-state index contributed by atoms with van der Waals surface area (Å²) in [6.45, 7) is 9.19. The van der Waals surface area contributed by atoms with Crippen LogP contribution in [0.5, 0.6) is 0 Å². The van der Waals surface area contributed by atoms with Crippen molar-refractivity contribution in [2.75, 3.05) is 0 Å². The Labute approximate surface area is 90.8 Å². The molecular weight excluding hydrogens is 168 g/mol. The third-order valence-corrected chi connectivity index (χ3v) is 2.45. The molecule has 0 saturated carbocycles. The van der Waals surface area contributed by atoms with E-state index in [2.05, 4.69) is 39.8 Å². The molecule has 0 heterocycles. The summed E-state index contributed by atoms with van der Waals surface area (Å²) >= 11 is 0. The van der Waals surface area contributed by atoms with Gasteiger partial charge in [-0.1, -0.05) is 59.1 Å². The highest BCUT2D eigenvalue weighted by Gasteiger charge is 2.08. The zero-order valence-corrected chi connectivity index (χ0v) is 10.6. The van der Waals surface area contributed by atoms with Crippen molar-refractivity contribution < 1.29 is 0 Å². The summed E-state index contributed by atoms with van der Waals surface area (Å²) in [5.74, 6) is 0. The monoisotopic (exact) mass is 196 g/mol. The van der Waals surface area contributed by atoms with E-state index in [0.29, 0.717) is 5.41 Å². The van der Waals surface area contributed by atoms with E-state index in [1.807, 2.05) is 0 Å². The van der Waals surface area contributed by atoms with Gasteiger partial charge in [0.25, 0.3) is 0 Å². The van der Waals surface area contributed by atoms with Crippen molar-refractivity contribution in [3.05, 3.63) is 12.2 Å². The molecule has 0 aliphatic carbocycles. The lowest BCUT2D eigenvalue weighted by atomic mass is 9.89. The predicted octanol–water partition coefficient (Wildman–Crippen LogP) is 5.34. The predicted molar refractivity (Wildman–Crippen MR) is 66.6 cm³/mol. The van der Waals surface area contributed by atoms with Gasteiger partial charge in [0, 0.05) is 0 Å². The molecule has 0 amide bonds. The summed E-state index contributed by atoms with van der Waals surface area (Å²) in [4.78, 5) is 0. The minimum absolute atomic E-state index is 0.530. The lowest BCUT2D eigenvalue weighted by Gasteiger charge is -2.17. The van der Waals surface area contributed by atoms with Gasteiger partial charge in [0.05, 0.1) is 0 Å². The molecule has 0 radical (unpaired) electrons. The molecule has 0 aromatic carbocycles. The molecule has 0 aliphatic heterocycles. The number of rotatable bonds is 7. The first-order chi connectivity index (χ1) is 6.56. The van der Waals surface area contributed by atoms with Gasteiger partial charge in [-0.15, -0.1) is 0 Å². The Bertz CT molecular complexity index is 137. The highest BCUT2D eigenvalue weighted by Crippen LogP contribution is 2.22. The standard InChI is InChI=1S/C14H28/c1-5-6-7-8-9-10-11-12-13-14(2,3)4/h6-7H,5,8-13H2,1-4H3/b7-6+. The fraction of sp³-hybridized carbons (Fsp3) is 0.857. The maximum absolute atomic E-state index is 2.33. The molecule has 0 aromatic heterocycles. The van der Waals surface area contributed by atoms with Gasteiger partial charge in [-0.2, -0.15) is 0 Å². The molecule has 0 bridgehead atoms. The van der Waals surface area contributed by atoms with Crippen LogP contribution in [0, 0.1) is 5.41 Å². The van der Waals surface area contributed by atoms with E-state index in [0.717, 1.165) is 0 Å². The third-order valence-electron chi connectivity index (χ3n) is 2.45. The van der Waals surface area contributed by atoms with Crippen molar-refractivity contribution >= 4 is 0 Å². The Balaban J connectivity index is 3.11. The Kier molecular flexibility index (Phi) is 7.93. The number of hydrogen-bond acceptors (Lipinski definition) is 0. The van der Waals surface area contributed by atoms with Gasteiger partial charge in [0.2, 0.25) is 0 Å². The van der Waals surface area contributed by atoms with Crippen LogP contribution in [0.15, 0.2) is 12.2 Å². The van der Waals surface area contributed by atoms with E-state index >= 15 is 0 Å². The van der Waals surface area contributed by atoms with Crippen molar-refractivity contribution in [2.45, 2.75) is 72.6 Å². The Hall–Kier alpha value is -0.260. The molecule has 0 fully saturated rings. The number of unbranched alkanes of at least 4 members (excludes halogenated alkanes) is 4. The van der Waals surface area contributed by atoms with Gasteiger partial charge < -0.3 is 0 Å². The van der Waals surface area contributed by atoms with E-state index in [9.17, 15) is 0 Å². The number of hydrogen-bond donors (Lipinski definition) is 0. The molecule has 14 heavy (non-hydrogen) atoms. The van der Waals surface area contributed by atoms with Crippen molar-refractivity contribution in [1.29, 1.82) is 0 Å². The van der Waals surface area contributed by atoms with E-state index in [1.165, 1.54) is 44.9 Å². The summed E-state index contributed by atoms with van der Waals surface area (Å²) in [6.07, 6.45) is 14.0. The van der Waals surface area contributed by atoms with Crippen molar-refractivity contribution in [2.24, 2.45) is 5.41 Å². The smallest absolute Gasteiger partial charge is 0.0351 e. The van der Waals surface area contributed by atoms with Crippen molar-refractivity contribution in [3.63, 3.8) is 0 Å². The molecule has 0 heteroatoms. The maximum Gasteiger partial charge on any atom is -0.0351 e. The fourth-order valence-corrected chi connectivity index (χ4v) is 1.56. The molecule has 0 aliphatic rings. The van der Waals surface area contributed by atoms with Crippen LogP contribution in [0.1, 0.15) is 72.6 Å².